The van der Waals surface area contributed by atoms with E-state index in [2.05, 4.69) is 15.5 Å². The summed E-state index contributed by atoms with van der Waals surface area (Å²) in [6, 6.07) is 9.42. The number of nitro groups is 1. The second-order valence-corrected chi connectivity index (χ2v) is 6.41. The highest BCUT2D eigenvalue weighted by Crippen LogP contribution is 2.30. The Balaban J connectivity index is 1.69. The predicted molar refractivity (Wildman–Crippen MR) is 99.7 cm³/mol. The van der Waals surface area contributed by atoms with E-state index in [0.717, 1.165) is 15.8 Å². The van der Waals surface area contributed by atoms with Gasteiger partial charge in [-0.3, -0.25) is 24.3 Å². The van der Waals surface area contributed by atoms with Gasteiger partial charge in [-0.25, -0.2) is 8.78 Å². The van der Waals surface area contributed by atoms with E-state index in [0.29, 0.717) is 6.54 Å². The lowest BCUT2D eigenvalue weighted by molar-refractivity contribution is -0.386. The summed E-state index contributed by atoms with van der Waals surface area (Å²) >= 11 is 0. The molecule has 0 fully saturated rings. The zero-order chi connectivity index (χ0) is 21.1. The smallest absolute Gasteiger partial charge is 0.308 e. The highest BCUT2D eigenvalue weighted by atomic mass is 19.3. The molecule has 1 aromatic carbocycles. The number of aryl methyl sites for hydroxylation is 1. The molecular formula is C18H18F2N6O3. The summed E-state index contributed by atoms with van der Waals surface area (Å²) in [5.41, 5.74) is 0.329. The number of aromatic nitrogens is 4. The van der Waals surface area contributed by atoms with E-state index >= 15 is 0 Å². The van der Waals surface area contributed by atoms with Gasteiger partial charge in [-0.15, -0.1) is 0 Å². The molecule has 0 unspecified atom stereocenters. The van der Waals surface area contributed by atoms with Gasteiger partial charge in [-0.1, -0.05) is 24.3 Å². The Morgan fingerprint density at radius 2 is 1.97 bits per heavy atom. The van der Waals surface area contributed by atoms with Crippen LogP contribution in [0.4, 0.5) is 20.3 Å². The monoisotopic (exact) mass is 404 g/mol. The highest BCUT2D eigenvalue weighted by molar-refractivity contribution is 5.89. The van der Waals surface area contributed by atoms with Crippen molar-refractivity contribution in [3.05, 3.63) is 69.2 Å². The Labute approximate surface area is 164 Å². The van der Waals surface area contributed by atoms with Crippen molar-refractivity contribution in [1.82, 2.24) is 19.6 Å². The van der Waals surface area contributed by atoms with Gasteiger partial charge in [0, 0.05) is 12.3 Å². The summed E-state index contributed by atoms with van der Waals surface area (Å²) < 4.78 is 28.5. The third-order valence-electron chi connectivity index (χ3n) is 4.39. The first-order valence-corrected chi connectivity index (χ1v) is 8.64. The fraction of sp³-hybridized carbons (Fsp3) is 0.278. The van der Waals surface area contributed by atoms with E-state index in [1.165, 1.54) is 6.92 Å². The average Bonchev–Trinajstić information content (AvgIpc) is 3.21. The number of benzene rings is 1. The summed E-state index contributed by atoms with van der Waals surface area (Å²) in [6.07, 6.45) is -1.42. The molecule has 29 heavy (non-hydrogen) atoms. The number of alkyl halides is 2. The molecule has 0 aliphatic carbocycles. The number of hydrogen-bond donors (Lipinski definition) is 1. The molecule has 1 N–H and O–H groups in total. The van der Waals surface area contributed by atoms with Gasteiger partial charge in [0.1, 0.15) is 12.2 Å². The van der Waals surface area contributed by atoms with Crippen LogP contribution in [0.15, 0.2) is 36.5 Å². The van der Waals surface area contributed by atoms with Gasteiger partial charge >= 0.3 is 5.69 Å². The SMILES string of the molecule is Cc1ccccc1Cn1ccc(NC(=O)Cn2nc(C(F)F)c([N+](=O)[O-])c2C)n1. The molecule has 0 saturated carbocycles. The van der Waals surface area contributed by atoms with Crippen LogP contribution in [0.25, 0.3) is 0 Å². The molecule has 1 amide bonds. The number of anilines is 1. The molecule has 2 heterocycles. The van der Waals surface area contributed by atoms with Gasteiger partial charge in [0.25, 0.3) is 6.43 Å². The second kappa shape index (κ2) is 8.17. The lowest BCUT2D eigenvalue weighted by Crippen LogP contribution is -2.21. The third-order valence-corrected chi connectivity index (χ3v) is 4.39. The van der Waals surface area contributed by atoms with Crippen LogP contribution in [0.5, 0.6) is 0 Å². The standard InChI is InChI=1S/C18H18F2N6O3/c1-11-5-3-4-6-13(11)9-24-8-7-14(22-24)21-15(27)10-25-12(2)17(26(28)29)16(23-25)18(19)20/h3-8,18H,9-10H2,1-2H3,(H,21,22,27). The topological polar surface area (TPSA) is 108 Å². The van der Waals surface area contributed by atoms with Crippen LogP contribution in [0.1, 0.15) is 28.9 Å². The average molecular weight is 404 g/mol. The first kappa shape index (κ1) is 20.1. The fourth-order valence-corrected chi connectivity index (χ4v) is 2.88. The van der Waals surface area contributed by atoms with Crippen LogP contribution >= 0.6 is 0 Å². The van der Waals surface area contributed by atoms with Crippen molar-refractivity contribution < 1.29 is 18.5 Å². The molecule has 0 aliphatic rings. The number of carbonyl (C=O) groups excluding carboxylic acids is 1. The molecule has 11 heteroatoms. The zero-order valence-electron chi connectivity index (χ0n) is 15.7. The minimum atomic E-state index is -3.12. The molecule has 2 aromatic heterocycles. The number of nitrogens with one attached hydrogen (secondary N) is 1. The Bertz CT molecular complexity index is 1060. The Hall–Kier alpha value is -3.63. The van der Waals surface area contributed by atoms with Crippen LogP contribution in [-0.2, 0) is 17.9 Å². The first-order valence-electron chi connectivity index (χ1n) is 8.64. The van der Waals surface area contributed by atoms with Crippen LogP contribution in [-0.4, -0.2) is 30.4 Å². The maximum absolute atomic E-state index is 13.0. The molecule has 0 spiro atoms. The van der Waals surface area contributed by atoms with Crippen molar-refractivity contribution in [3.8, 4) is 0 Å². The molecule has 0 aliphatic heterocycles. The van der Waals surface area contributed by atoms with E-state index < -0.39 is 35.2 Å². The fourth-order valence-electron chi connectivity index (χ4n) is 2.88. The number of hydrogen-bond acceptors (Lipinski definition) is 5. The van der Waals surface area contributed by atoms with Crippen molar-refractivity contribution in [1.29, 1.82) is 0 Å². The van der Waals surface area contributed by atoms with Crippen LogP contribution in [0, 0.1) is 24.0 Å². The van der Waals surface area contributed by atoms with E-state index in [9.17, 15) is 23.7 Å². The van der Waals surface area contributed by atoms with Crippen molar-refractivity contribution in [2.75, 3.05) is 5.32 Å². The summed E-state index contributed by atoms with van der Waals surface area (Å²) in [7, 11) is 0. The molecule has 152 valence electrons. The number of carbonyl (C=O) groups is 1. The normalized spacial score (nSPS) is 11.1. The molecule has 0 saturated heterocycles. The molecule has 3 aromatic rings. The summed E-state index contributed by atoms with van der Waals surface area (Å²) in [6.45, 7) is 3.32. The largest absolute Gasteiger partial charge is 0.319 e. The predicted octanol–water partition coefficient (Wildman–Crippen LogP) is 3.23. The molecule has 0 radical (unpaired) electrons. The minimum Gasteiger partial charge on any atom is -0.308 e. The molecular weight excluding hydrogens is 386 g/mol. The quantitative estimate of drug-likeness (QED) is 0.480. The molecule has 0 bridgehead atoms. The van der Waals surface area contributed by atoms with Crippen molar-refractivity contribution in [2.24, 2.45) is 0 Å². The van der Waals surface area contributed by atoms with Gasteiger partial charge < -0.3 is 5.32 Å². The first-order chi connectivity index (χ1) is 13.8. The number of nitrogens with zero attached hydrogens (tertiary/aromatic N) is 5. The Morgan fingerprint density at radius 1 is 1.24 bits per heavy atom. The van der Waals surface area contributed by atoms with Gasteiger partial charge in [-0.05, 0) is 25.0 Å². The Kier molecular flexibility index (Phi) is 5.66. The summed E-state index contributed by atoms with van der Waals surface area (Å²) in [4.78, 5) is 22.3. The van der Waals surface area contributed by atoms with Crippen molar-refractivity contribution >= 4 is 17.4 Å². The number of rotatable bonds is 7. The molecule has 3 rings (SSSR count). The molecule has 9 nitrogen and oxygen atoms in total. The van der Waals surface area contributed by atoms with E-state index in [-0.39, 0.29) is 11.5 Å². The maximum Gasteiger partial charge on any atom is 0.319 e. The Morgan fingerprint density at radius 3 is 2.59 bits per heavy atom. The number of amides is 1. The van der Waals surface area contributed by atoms with E-state index in [1.54, 1.807) is 16.9 Å². The lowest BCUT2D eigenvalue weighted by Gasteiger charge is -2.06. The van der Waals surface area contributed by atoms with Crippen LogP contribution in [0.3, 0.4) is 0 Å². The van der Waals surface area contributed by atoms with Gasteiger partial charge in [0.05, 0.1) is 11.5 Å². The third kappa shape index (κ3) is 4.45. The summed E-state index contributed by atoms with van der Waals surface area (Å²) in [5.74, 6) is -0.315. The highest BCUT2D eigenvalue weighted by Gasteiger charge is 2.31. The lowest BCUT2D eigenvalue weighted by atomic mass is 10.1. The molecule has 0 atom stereocenters. The van der Waals surface area contributed by atoms with Crippen LogP contribution in [0.2, 0.25) is 0 Å². The van der Waals surface area contributed by atoms with Crippen molar-refractivity contribution in [3.63, 3.8) is 0 Å². The van der Waals surface area contributed by atoms with E-state index in [4.69, 9.17) is 0 Å². The zero-order valence-corrected chi connectivity index (χ0v) is 15.7. The number of halogens is 2. The van der Waals surface area contributed by atoms with Gasteiger partial charge in [0.15, 0.2) is 5.82 Å². The maximum atomic E-state index is 13.0. The summed E-state index contributed by atoms with van der Waals surface area (Å²) in [5, 5.41) is 21.3. The van der Waals surface area contributed by atoms with Gasteiger partial charge in [-0.2, -0.15) is 10.2 Å². The van der Waals surface area contributed by atoms with Gasteiger partial charge in [0.2, 0.25) is 11.6 Å². The minimum absolute atomic E-state index is 0.120. The van der Waals surface area contributed by atoms with Crippen molar-refractivity contribution in [2.45, 2.75) is 33.4 Å². The van der Waals surface area contributed by atoms with E-state index in [1.807, 2.05) is 31.2 Å². The second-order valence-electron chi connectivity index (χ2n) is 6.41. The van der Waals surface area contributed by atoms with Crippen LogP contribution < -0.4 is 5.32 Å².